The van der Waals surface area contributed by atoms with Crippen LogP contribution in [0.25, 0.3) is 0 Å². The number of carbonyl (C=O) groups excluding carboxylic acids is 1. The maximum absolute atomic E-state index is 10.9. The molecule has 0 bridgehead atoms. The summed E-state index contributed by atoms with van der Waals surface area (Å²) in [6.07, 6.45) is 9.51. The summed E-state index contributed by atoms with van der Waals surface area (Å²) in [4.78, 5) is 10.9. The minimum atomic E-state index is -0.0557. The average molecular weight is 191 g/mol. The summed E-state index contributed by atoms with van der Waals surface area (Å²) < 4.78 is 1.67. The van der Waals surface area contributed by atoms with Crippen LogP contribution in [0.5, 0.6) is 0 Å². The molecule has 0 aliphatic carbocycles. The third-order valence-electron chi connectivity index (χ3n) is 1.86. The molecule has 0 aliphatic rings. The van der Waals surface area contributed by atoms with Crippen molar-refractivity contribution in [3.63, 3.8) is 0 Å². The van der Waals surface area contributed by atoms with Crippen LogP contribution < -0.4 is 0 Å². The van der Waals surface area contributed by atoms with E-state index in [1.165, 1.54) is 6.92 Å². The van der Waals surface area contributed by atoms with Crippen LogP contribution >= 0.6 is 0 Å². The van der Waals surface area contributed by atoms with Crippen molar-refractivity contribution in [3.8, 4) is 12.3 Å². The number of ketones is 1. The van der Waals surface area contributed by atoms with Gasteiger partial charge in [0, 0.05) is 19.9 Å². The fourth-order valence-electron chi connectivity index (χ4n) is 1.07. The summed E-state index contributed by atoms with van der Waals surface area (Å²) in [5.74, 6) is 2.52. The Hall–Kier alpha value is -1.63. The van der Waals surface area contributed by atoms with Crippen LogP contribution in [0, 0.1) is 12.3 Å². The van der Waals surface area contributed by atoms with E-state index in [-0.39, 0.29) is 5.78 Å². The second kappa shape index (κ2) is 5.18. The second-order valence-electron chi connectivity index (χ2n) is 3.08. The lowest BCUT2D eigenvalue weighted by Crippen LogP contribution is -1.98. The van der Waals surface area contributed by atoms with E-state index in [1.807, 2.05) is 0 Å². The Balaban J connectivity index is 2.37. The smallest absolute Gasteiger partial charge is 0.181 e. The summed E-state index contributed by atoms with van der Waals surface area (Å²) in [6, 6.07) is 0. The predicted molar refractivity (Wildman–Crippen MR) is 52.7 cm³/mol. The number of Topliss-reactive ketones (excluding diaryl/α,β-unsaturated/α-hetero) is 1. The van der Waals surface area contributed by atoms with E-state index in [9.17, 15) is 4.79 Å². The molecule has 0 aliphatic heterocycles. The van der Waals surface area contributed by atoms with Crippen LogP contribution in [0.1, 0.15) is 36.7 Å². The topological polar surface area (TPSA) is 47.8 Å². The third kappa shape index (κ3) is 3.02. The number of aryl methyl sites for hydroxylation is 1. The molecule has 0 aromatic carbocycles. The van der Waals surface area contributed by atoms with Crippen molar-refractivity contribution in [1.82, 2.24) is 15.0 Å². The monoisotopic (exact) mass is 191 g/mol. The Kier molecular flexibility index (Phi) is 3.86. The van der Waals surface area contributed by atoms with E-state index in [4.69, 9.17) is 6.42 Å². The molecule has 74 valence electrons. The molecule has 1 rings (SSSR count). The molecule has 14 heavy (non-hydrogen) atoms. The van der Waals surface area contributed by atoms with Crippen LogP contribution in [0.3, 0.4) is 0 Å². The lowest BCUT2D eigenvalue weighted by Gasteiger charge is -1.96. The maximum atomic E-state index is 10.9. The second-order valence-corrected chi connectivity index (χ2v) is 3.08. The van der Waals surface area contributed by atoms with E-state index < -0.39 is 0 Å². The molecular weight excluding hydrogens is 178 g/mol. The quantitative estimate of drug-likeness (QED) is 0.400. The van der Waals surface area contributed by atoms with Crippen molar-refractivity contribution in [2.45, 2.75) is 32.7 Å². The van der Waals surface area contributed by atoms with Crippen LogP contribution in [-0.4, -0.2) is 20.8 Å². The van der Waals surface area contributed by atoms with Gasteiger partial charge >= 0.3 is 0 Å². The van der Waals surface area contributed by atoms with Crippen molar-refractivity contribution in [3.05, 3.63) is 11.9 Å². The predicted octanol–water partition coefficient (Wildman–Crippen LogP) is 1.28. The Morgan fingerprint density at radius 3 is 3.00 bits per heavy atom. The summed E-state index contributed by atoms with van der Waals surface area (Å²) in [5, 5.41) is 7.57. The largest absolute Gasteiger partial charge is 0.293 e. The van der Waals surface area contributed by atoms with Crippen molar-refractivity contribution in [2.75, 3.05) is 0 Å². The number of nitrogens with zero attached hydrogens (tertiary/aromatic N) is 3. The third-order valence-corrected chi connectivity index (χ3v) is 1.86. The SMILES string of the molecule is C#CCCCCn1cc(C(C)=O)nn1. The van der Waals surface area contributed by atoms with Gasteiger partial charge in [-0.2, -0.15) is 0 Å². The normalized spacial score (nSPS) is 9.71. The first-order chi connectivity index (χ1) is 6.74. The molecule has 0 amide bonds. The zero-order chi connectivity index (χ0) is 10.4. The van der Waals surface area contributed by atoms with Crippen LogP contribution in [0.4, 0.5) is 0 Å². The Bertz CT molecular complexity index is 348. The first kappa shape index (κ1) is 10.5. The van der Waals surface area contributed by atoms with Crippen LogP contribution in [0.15, 0.2) is 6.20 Å². The Morgan fingerprint density at radius 1 is 1.64 bits per heavy atom. The highest BCUT2D eigenvalue weighted by Gasteiger charge is 2.04. The van der Waals surface area contributed by atoms with Gasteiger partial charge in [0.25, 0.3) is 0 Å². The molecule has 0 N–H and O–H groups in total. The number of aromatic nitrogens is 3. The molecule has 0 spiro atoms. The number of unbranched alkanes of at least 4 members (excludes halogenated alkanes) is 2. The standard InChI is InChI=1S/C10H13N3O/c1-3-4-5-6-7-13-8-10(9(2)14)11-12-13/h1,8H,4-7H2,2H3. The van der Waals surface area contributed by atoms with Crippen molar-refractivity contribution in [2.24, 2.45) is 0 Å². The highest BCUT2D eigenvalue weighted by molar-refractivity contribution is 5.91. The maximum Gasteiger partial charge on any atom is 0.181 e. The van der Waals surface area contributed by atoms with Crippen molar-refractivity contribution < 1.29 is 4.79 Å². The number of terminal acetylenes is 1. The Labute approximate surface area is 83.3 Å². The molecule has 1 aromatic rings. The highest BCUT2D eigenvalue weighted by Crippen LogP contribution is 1.99. The Morgan fingerprint density at radius 2 is 2.43 bits per heavy atom. The molecule has 0 unspecified atom stereocenters. The molecule has 1 aromatic heterocycles. The van der Waals surface area contributed by atoms with Crippen LogP contribution in [0.2, 0.25) is 0 Å². The van der Waals surface area contributed by atoms with Gasteiger partial charge in [-0.25, -0.2) is 0 Å². The van der Waals surface area contributed by atoms with E-state index in [0.29, 0.717) is 5.69 Å². The zero-order valence-corrected chi connectivity index (χ0v) is 8.23. The molecule has 0 saturated carbocycles. The number of hydrogen-bond donors (Lipinski definition) is 0. The van der Waals surface area contributed by atoms with Crippen molar-refractivity contribution in [1.29, 1.82) is 0 Å². The summed E-state index contributed by atoms with van der Waals surface area (Å²) >= 11 is 0. The van der Waals surface area contributed by atoms with Gasteiger partial charge in [-0.3, -0.25) is 9.48 Å². The molecule has 1 heterocycles. The molecule has 0 radical (unpaired) electrons. The first-order valence-electron chi connectivity index (χ1n) is 4.58. The summed E-state index contributed by atoms with van der Waals surface area (Å²) in [5.41, 5.74) is 0.418. The van der Waals surface area contributed by atoms with Crippen molar-refractivity contribution >= 4 is 5.78 Å². The minimum absolute atomic E-state index is 0.0557. The van der Waals surface area contributed by atoms with E-state index in [1.54, 1.807) is 10.9 Å². The lowest BCUT2D eigenvalue weighted by atomic mass is 10.2. The van der Waals surface area contributed by atoms with Gasteiger partial charge in [0.05, 0.1) is 6.20 Å². The average Bonchev–Trinajstić information content (AvgIpc) is 2.61. The summed E-state index contributed by atoms with van der Waals surface area (Å²) in [7, 11) is 0. The molecule has 4 heteroatoms. The molecule has 0 saturated heterocycles. The van der Waals surface area contributed by atoms with E-state index in [2.05, 4.69) is 16.2 Å². The van der Waals surface area contributed by atoms with Gasteiger partial charge in [0.1, 0.15) is 5.69 Å². The van der Waals surface area contributed by atoms with Gasteiger partial charge in [0.15, 0.2) is 5.78 Å². The van der Waals surface area contributed by atoms with Gasteiger partial charge < -0.3 is 0 Å². The first-order valence-corrected chi connectivity index (χ1v) is 4.58. The lowest BCUT2D eigenvalue weighted by molar-refractivity contribution is 0.101. The molecule has 0 atom stereocenters. The highest BCUT2D eigenvalue weighted by atomic mass is 16.1. The van der Waals surface area contributed by atoms with Gasteiger partial charge in [-0.1, -0.05) is 5.21 Å². The van der Waals surface area contributed by atoms with Gasteiger partial charge in [0.2, 0.25) is 0 Å². The fourth-order valence-corrected chi connectivity index (χ4v) is 1.07. The van der Waals surface area contributed by atoms with Gasteiger partial charge in [-0.15, -0.1) is 17.4 Å². The minimum Gasteiger partial charge on any atom is -0.293 e. The zero-order valence-electron chi connectivity index (χ0n) is 8.23. The summed E-state index contributed by atoms with van der Waals surface area (Å²) in [6.45, 7) is 2.24. The number of hydrogen-bond acceptors (Lipinski definition) is 3. The van der Waals surface area contributed by atoms with E-state index >= 15 is 0 Å². The number of carbonyl (C=O) groups is 1. The number of rotatable bonds is 5. The fraction of sp³-hybridized carbons (Fsp3) is 0.500. The van der Waals surface area contributed by atoms with E-state index in [0.717, 1.165) is 25.8 Å². The molecular formula is C10H13N3O. The van der Waals surface area contributed by atoms with Gasteiger partial charge in [-0.05, 0) is 12.8 Å². The molecule has 4 nitrogen and oxygen atoms in total. The molecule has 0 fully saturated rings. The van der Waals surface area contributed by atoms with Crippen LogP contribution in [-0.2, 0) is 6.54 Å².